The number of carbonyl (C=O) groups excluding carboxylic acids is 1. The quantitative estimate of drug-likeness (QED) is 0.0547. The van der Waals surface area contributed by atoms with Gasteiger partial charge in [0.1, 0.15) is 41.4 Å². The summed E-state index contributed by atoms with van der Waals surface area (Å²) in [6, 6.07) is 57.9. The van der Waals surface area contributed by atoms with E-state index in [1.54, 1.807) is 11.3 Å². The van der Waals surface area contributed by atoms with E-state index in [0.717, 1.165) is 21.6 Å². The van der Waals surface area contributed by atoms with E-state index < -0.39 is 35.1 Å². The van der Waals surface area contributed by atoms with Gasteiger partial charge in [-0.3, -0.25) is 4.79 Å². The largest absolute Gasteiger partial charge is 0.491 e. The van der Waals surface area contributed by atoms with E-state index in [-0.39, 0.29) is 50.7 Å². The number of hydrogen-bond acceptors (Lipinski definition) is 8. The Balaban J connectivity index is 1.38. The zero-order valence-electron chi connectivity index (χ0n) is 36.6. The Bertz CT molecular complexity index is 2560. The van der Waals surface area contributed by atoms with Gasteiger partial charge in [-0.05, 0) is 63.4 Å². The molecule has 8 rings (SSSR count). The first-order valence-corrected chi connectivity index (χ1v) is 23.2. The van der Waals surface area contributed by atoms with Crippen LogP contribution in [-0.4, -0.2) is 68.5 Å². The lowest BCUT2D eigenvalue weighted by Crippen LogP contribution is -2.81. The number of thiophene rings is 1. The van der Waals surface area contributed by atoms with Crippen LogP contribution in [0.15, 0.2) is 187 Å². The molecule has 7 aromatic rings. The Kier molecular flexibility index (Phi) is 14.4. The first-order chi connectivity index (χ1) is 31.6. The van der Waals surface area contributed by atoms with Gasteiger partial charge >= 0.3 is 0 Å². The molecule has 334 valence electrons. The van der Waals surface area contributed by atoms with Crippen molar-refractivity contribution in [3.8, 4) is 5.75 Å². The number of carbonyl (C=O) groups is 1. The minimum Gasteiger partial charge on any atom is -0.491 e. The van der Waals surface area contributed by atoms with Gasteiger partial charge in [0.15, 0.2) is 0 Å². The maximum Gasteiger partial charge on any atom is 0.216 e. The molecule has 1 aromatic heterocycles. The van der Waals surface area contributed by atoms with Crippen LogP contribution in [0.4, 0.5) is 0 Å². The van der Waals surface area contributed by atoms with Crippen molar-refractivity contribution in [2.24, 2.45) is 0 Å². The molecular formula is C56H57NO7S. The van der Waals surface area contributed by atoms with Gasteiger partial charge in [-0.25, -0.2) is 0 Å². The number of nitrogens with one attached hydrogen (secondary N) is 1. The maximum absolute atomic E-state index is 14.2. The summed E-state index contributed by atoms with van der Waals surface area (Å²) in [4.78, 5) is 13.1. The lowest BCUT2D eigenvalue weighted by molar-refractivity contribution is -0.368. The number of amides is 1. The number of aliphatic hydroxyl groups excluding tert-OH is 1. The summed E-state index contributed by atoms with van der Waals surface area (Å²) in [5.41, 5.74) is -1.63. The monoisotopic (exact) mass is 887 g/mol. The molecule has 6 aromatic carbocycles. The Labute approximate surface area is 385 Å². The van der Waals surface area contributed by atoms with Gasteiger partial charge in [0.05, 0.1) is 12.6 Å². The van der Waals surface area contributed by atoms with Crippen molar-refractivity contribution in [3.05, 3.63) is 231 Å². The summed E-state index contributed by atoms with van der Waals surface area (Å²) >= 11 is 1.66. The van der Waals surface area contributed by atoms with Crippen LogP contribution in [0.1, 0.15) is 62.8 Å². The molecule has 1 aliphatic heterocycles. The third-order valence-electron chi connectivity index (χ3n) is 12.8. The predicted octanol–water partition coefficient (Wildman–Crippen LogP) is 8.60. The summed E-state index contributed by atoms with van der Waals surface area (Å²) in [6.07, 6.45) is -3.93. The fourth-order valence-corrected chi connectivity index (χ4v) is 10.5. The molecule has 1 saturated heterocycles. The van der Waals surface area contributed by atoms with Crippen molar-refractivity contribution in [2.75, 3.05) is 13.2 Å². The molecular weight excluding hydrogens is 831 g/mol. The van der Waals surface area contributed by atoms with Crippen molar-refractivity contribution in [1.82, 2.24) is 5.32 Å². The van der Waals surface area contributed by atoms with Crippen LogP contribution in [0, 0.1) is 0 Å². The highest BCUT2D eigenvalue weighted by molar-refractivity contribution is 7.10. The molecule has 7 atom stereocenters. The van der Waals surface area contributed by atoms with Gasteiger partial charge in [-0.1, -0.05) is 164 Å². The third-order valence-corrected chi connectivity index (χ3v) is 13.8. The second-order valence-electron chi connectivity index (χ2n) is 17.3. The predicted molar refractivity (Wildman–Crippen MR) is 256 cm³/mol. The minimum atomic E-state index is -2.40. The van der Waals surface area contributed by atoms with Crippen molar-refractivity contribution < 1.29 is 34.7 Å². The Morgan fingerprint density at radius 1 is 0.646 bits per heavy atom. The van der Waals surface area contributed by atoms with Crippen molar-refractivity contribution in [3.63, 3.8) is 0 Å². The van der Waals surface area contributed by atoms with E-state index in [1.165, 1.54) is 6.92 Å². The molecule has 0 bridgehead atoms. The summed E-state index contributed by atoms with van der Waals surface area (Å²) in [5, 5.41) is 59.8. The van der Waals surface area contributed by atoms with E-state index in [1.807, 2.05) is 164 Å². The highest BCUT2D eigenvalue weighted by Gasteiger charge is 2.72. The lowest BCUT2D eigenvalue weighted by atomic mass is 9.56. The molecule has 65 heavy (non-hydrogen) atoms. The number of benzene rings is 6. The van der Waals surface area contributed by atoms with Crippen molar-refractivity contribution >= 4 is 17.2 Å². The maximum atomic E-state index is 14.2. The second kappa shape index (κ2) is 20.5. The molecule has 2 unspecified atom stereocenters. The molecule has 9 heteroatoms. The summed E-state index contributed by atoms with van der Waals surface area (Å²) in [6.45, 7) is 1.76. The number of hydrogen-bond donors (Lipinski definition) is 5. The van der Waals surface area contributed by atoms with Gasteiger partial charge in [-0.2, -0.15) is 0 Å². The van der Waals surface area contributed by atoms with E-state index >= 15 is 0 Å². The van der Waals surface area contributed by atoms with Crippen LogP contribution in [-0.2, 0) is 41.6 Å². The zero-order valence-corrected chi connectivity index (χ0v) is 37.4. The Hall–Kier alpha value is -5.91. The SMILES string of the molecule is CC(=O)NCCOc1ccc(C(Cc2ccccc2)c2cccs2)cc1[C@@H]1O[C@H](C(O)Cc2ccccc2)[C@](O)(Cc2ccccc2)[C@@](O)(Cc2ccccc2)[C@]1(O)Cc1ccccc1. The van der Waals surface area contributed by atoms with Crippen molar-refractivity contribution in [1.29, 1.82) is 0 Å². The molecule has 8 nitrogen and oxygen atoms in total. The number of rotatable bonds is 18. The number of aliphatic hydroxyl groups is 4. The smallest absolute Gasteiger partial charge is 0.216 e. The van der Waals surface area contributed by atoms with Crippen LogP contribution in [0.25, 0.3) is 0 Å². The van der Waals surface area contributed by atoms with Crippen LogP contribution in [0.3, 0.4) is 0 Å². The molecule has 1 aliphatic rings. The molecule has 5 N–H and O–H groups in total. The first-order valence-electron chi connectivity index (χ1n) is 22.3. The van der Waals surface area contributed by atoms with E-state index in [2.05, 4.69) is 28.9 Å². The van der Waals surface area contributed by atoms with Gasteiger partial charge in [0.25, 0.3) is 0 Å². The minimum absolute atomic E-state index is 0.0888. The molecule has 0 aliphatic carbocycles. The number of ether oxygens (including phenoxy) is 2. The van der Waals surface area contributed by atoms with E-state index in [9.17, 15) is 25.2 Å². The fraction of sp³-hybridized carbons (Fsp3) is 0.268. The van der Waals surface area contributed by atoms with Gasteiger partial charge < -0.3 is 35.2 Å². The van der Waals surface area contributed by atoms with Gasteiger partial charge in [0.2, 0.25) is 5.91 Å². The molecule has 2 heterocycles. The topological polar surface area (TPSA) is 128 Å². The Morgan fingerprint density at radius 2 is 1.15 bits per heavy atom. The third kappa shape index (κ3) is 10.2. The summed E-state index contributed by atoms with van der Waals surface area (Å²) < 4.78 is 13.8. The lowest BCUT2D eigenvalue weighted by Gasteiger charge is -2.62. The average Bonchev–Trinajstić information content (AvgIpc) is 3.86. The molecule has 0 saturated carbocycles. The summed E-state index contributed by atoms with van der Waals surface area (Å²) in [5.74, 6) is 0.0517. The van der Waals surface area contributed by atoms with Crippen molar-refractivity contribution in [2.45, 2.75) is 80.1 Å². The van der Waals surface area contributed by atoms with Crippen LogP contribution in [0.2, 0.25) is 0 Å². The van der Waals surface area contributed by atoms with Gasteiger partial charge in [0, 0.05) is 49.0 Å². The molecule has 0 radical (unpaired) electrons. The zero-order chi connectivity index (χ0) is 45.3. The molecule has 1 fully saturated rings. The molecule has 1 amide bonds. The first kappa shape index (κ1) is 45.7. The van der Waals surface area contributed by atoms with E-state index in [4.69, 9.17) is 9.47 Å². The molecule has 0 spiro atoms. The van der Waals surface area contributed by atoms with E-state index in [0.29, 0.717) is 34.4 Å². The summed E-state index contributed by atoms with van der Waals surface area (Å²) in [7, 11) is 0. The standard InChI is InChI=1S/C56H57NO7S/c1-40(58)57-31-32-63-50-30-29-46(47(51-28-17-33-65-51)34-41-18-7-2-8-19-41)36-48(50)52-54(60,37-43-22-11-4-12-23-43)56(62,39-45-26-15-6-16-27-45)55(61,38-44-24-13-5-14-25-44)53(64-52)49(59)35-42-20-9-3-10-21-42/h2-30,33,36,47,49,52-53,59-62H,31-32,34-35,37-39H2,1H3,(H,57,58)/t47?,49?,52-,53+,54-,55+,56+/m0/s1. The second-order valence-corrected chi connectivity index (χ2v) is 18.3. The highest BCUT2D eigenvalue weighted by atomic mass is 32.1. The van der Waals surface area contributed by atoms with Crippen LogP contribution >= 0.6 is 11.3 Å². The fourth-order valence-electron chi connectivity index (χ4n) is 9.63. The van der Waals surface area contributed by atoms with Crippen LogP contribution < -0.4 is 10.1 Å². The highest BCUT2D eigenvalue weighted by Crippen LogP contribution is 2.56. The van der Waals surface area contributed by atoms with Gasteiger partial charge in [-0.15, -0.1) is 11.3 Å². The Morgan fingerprint density at radius 3 is 1.68 bits per heavy atom. The average molecular weight is 888 g/mol. The normalized spacial score (nSPS) is 22.7. The van der Waals surface area contributed by atoms with Crippen LogP contribution in [0.5, 0.6) is 5.75 Å².